The molecule has 0 aliphatic rings. The lowest BCUT2D eigenvalue weighted by Gasteiger charge is -2.18. The molecular formula is C14H12F6N4. The van der Waals surface area contributed by atoms with Crippen LogP contribution < -0.4 is 22.9 Å². The van der Waals surface area contributed by atoms with Gasteiger partial charge in [-0.3, -0.25) is 0 Å². The predicted octanol–water partition coefficient (Wildman–Crippen LogP) is 3.72. The van der Waals surface area contributed by atoms with E-state index in [1.807, 2.05) is 0 Å². The van der Waals surface area contributed by atoms with Crippen LogP contribution in [0, 0.1) is 0 Å². The number of hydrogen-bond donors (Lipinski definition) is 4. The average molecular weight is 350 g/mol. The third-order valence-corrected chi connectivity index (χ3v) is 3.35. The van der Waals surface area contributed by atoms with Crippen LogP contribution >= 0.6 is 0 Å². The molecule has 2 aromatic rings. The van der Waals surface area contributed by atoms with Gasteiger partial charge in [0.2, 0.25) is 0 Å². The van der Waals surface area contributed by atoms with Gasteiger partial charge in [-0.1, -0.05) is 0 Å². The molecule has 4 nitrogen and oxygen atoms in total. The molecule has 0 atom stereocenters. The molecule has 130 valence electrons. The zero-order valence-corrected chi connectivity index (χ0v) is 11.9. The standard InChI is InChI=1S/C14H12F6N4/c15-13(16,17)6-1-5(2-7(21)3-6)8-4-9(14(18,19)20)11(23)12(24)10(8)22/h1-4H,21-24H2. The van der Waals surface area contributed by atoms with Gasteiger partial charge in [-0.05, 0) is 29.8 Å². The Morgan fingerprint density at radius 2 is 1.21 bits per heavy atom. The van der Waals surface area contributed by atoms with Crippen molar-refractivity contribution in [1.82, 2.24) is 0 Å². The molecule has 0 heterocycles. The van der Waals surface area contributed by atoms with E-state index in [-0.39, 0.29) is 22.5 Å². The normalized spacial score (nSPS) is 12.4. The monoisotopic (exact) mass is 350 g/mol. The summed E-state index contributed by atoms with van der Waals surface area (Å²) in [5, 5.41) is 0. The molecule has 0 fully saturated rings. The van der Waals surface area contributed by atoms with E-state index in [1.54, 1.807) is 0 Å². The summed E-state index contributed by atoms with van der Waals surface area (Å²) in [5.41, 5.74) is 16.8. The molecule has 0 radical (unpaired) electrons. The lowest BCUT2D eigenvalue weighted by Crippen LogP contribution is -2.13. The molecule has 2 aromatic carbocycles. The summed E-state index contributed by atoms with van der Waals surface area (Å²) in [6.07, 6.45) is -9.58. The molecule has 10 heteroatoms. The second-order valence-corrected chi connectivity index (χ2v) is 5.05. The van der Waals surface area contributed by atoms with Gasteiger partial charge < -0.3 is 22.9 Å². The zero-order valence-electron chi connectivity index (χ0n) is 11.9. The van der Waals surface area contributed by atoms with Crippen LogP contribution in [0.4, 0.5) is 49.1 Å². The van der Waals surface area contributed by atoms with Crippen LogP contribution in [-0.4, -0.2) is 0 Å². The summed E-state index contributed by atoms with van der Waals surface area (Å²) < 4.78 is 77.7. The van der Waals surface area contributed by atoms with Crippen LogP contribution in [0.3, 0.4) is 0 Å². The first-order chi connectivity index (χ1) is 10.8. The Hall–Kier alpha value is -2.78. The molecular weight excluding hydrogens is 338 g/mol. The van der Waals surface area contributed by atoms with Crippen LogP contribution in [0.2, 0.25) is 0 Å². The van der Waals surface area contributed by atoms with Gasteiger partial charge in [0.05, 0.1) is 28.2 Å². The summed E-state index contributed by atoms with van der Waals surface area (Å²) in [4.78, 5) is 0. The maximum Gasteiger partial charge on any atom is 0.418 e. The smallest absolute Gasteiger partial charge is 0.399 e. The van der Waals surface area contributed by atoms with Crippen LogP contribution in [-0.2, 0) is 12.4 Å². The number of nitrogens with two attached hydrogens (primary N) is 4. The Bertz CT molecular complexity index is 795. The highest BCUT2D eigenvalue weighted by molar-refractivity contribution is 5.93. The van der Waals surface area contributed by atoms with Crippen molar-refractivity contribution in [2.45, 2.75) is 12.4 Å². The Morgan fingerprint density at radius 3 is 1.71 bits per heavy atom. The average Bonchev–Trinajstić information content (AvgIpc) is 2.42. The molecule has 0 spiro atoms. The van der Waals surface area contributed by atoms with Gasteiger partial charge in [-0.25, -0.2) is 0 Å². The van der Waals surface area contributed by atoms with Crippen molar-refractivity contribution in [2.75, 3.05) is 22.9 Å². The molecule has 0 saturated carbocycles. The molecule has 0 unspecified atom stereocenters. The lowest BCUT2D eigenvalue weighted by molar-refractivity contribution is -0.138. The number of halogens is 6. The second kappa shape index (κ2) is 5.39. The molecule has 2 rings (SSSR count). The first kappa shape index (κ1) is 17.6. The van der Waals surface area contributed by atoms with E-state index < -0.39 is 34.9 Å². The van der Waals surface area contributed by atoms with Gasteiger partial charge in [-0.2, -0.15) is 26.3 Å². The minimum atomic E-state index is -4.85. The van der Waals surface area contributed by atoms with Crippen molar-refractivity contribution in [3.05, 3.63) is 35.4 Å². The van der Waals surface area contributed by atoms with Crippen molar-refractivity contribution in [3.63, 3.8) is 0 Å². The Labute approximate surface area is 132 Å². The number of benzene rings is 2. The van der Waals surface area contributed by atoms with E-state index in [1.165, 1.54) is 0 Å². The quantitative estimate of drug-likeness (QED) is 0.465. The summed E-state index contributed by atoms with van der Waals surface area (Å²) in [6, 6.07) is 2.91. The van der Waals surface area contributed by atoms with Gasteiger partial charge >= 0.3 is 12.4 Å². The maximum atomic E-state index is 13.0. The fourth-order valence-corrected chi connectivity index (χ4v) is 2.18. The third-order valence-electron chi connectivity index (χ3n) is 3.35. The van der Waals surface area contributed by atoms with Crippen LogP contribution in [0.15, 0.2) is 24.3 Å². The molecule has 0 saturated heterocycles. The minimum absolute atomic E-state index is 0.253. The summed E-state index contributed by atoms with van der Waals surface area (Å²) in [6.45, 7) is 0. The van der Waals surface area contributed by atoms with E-state index in [9.17, 15) is 26.3 Å². The van der Waals surface area contributed by atoms with E-state index in [0.29, 0.717) is 18.2 Å². The van der Waals surface area contributed by atoms with E-state index >= 15 is 0 Å². The molecule has 0 aromatic heterocycles. The van der Waals surface area contributed by atoms with Crippen molar-refractivity contribution < 1.29 is 26.3 Å². The molecule has 24 heavy (non-hydrogen) atoms. The molecule has 0 amide bonds. The van der Waals surface area contributed by atoms with Crippen LogP contribution in [0.1, 0.15) is 11.1 Å². The van der Waals surface area contributed by atoms with Gasteiger partial charge in [0.25, 0.3) is 0 Å². The van der Waals surface area contributed by atoms with Gasteiger partial charge in [-0.15, -0.1) is 0 Å². The first-order valence-corrected chi connectivity index (χ1v) is 6.35. The second-order valence-electron chi connectivity index (χ2n) is 5.05. The zero-order chi connectivity index (χ0) is 18.4. The fraction of sp³-hybridized carbons (Fsp3) is 0.143. The third kappa shape index (κ3) is 3.12. The number of hydrogen-bond acceptors (Lipinski definition) is 4. The van der Waals surface area contributed by atoms with E-state index in [0.717, 1.165) is 6.07 Å². The summed E-state index contributed by atoms with van der Waals surface area (Å²) in [5.74, 6) is 0. The van der Waals surface area contributed by atoms with E-state index in [2.05, 4.69) is 0 Å². The topological polar surface area (TPSA) is 104 Å². The number of anilines is 4. The minimum Gasteiger partial charge on any atom is -0.399 e. The van der Waals surface area contributed by atoms with Crippen LogP contribution in [0.5, 0.6) is 0 Å². The maximum absolute atomic E-state index is 13.0. The molecule has 0 bridgehead atoms. The Morgan fingerprint density at radius 1 is 0.625 bits per heavy atom. The first-order valence-electron chi connectivity index (χ1n) is 6.35. The highest BCUT2D eigenvalue weighted by atomic mass is 19.4. The number of nitrogen functional groups attached to an aromatic ring is 4. The Kier molecular flexibility index (Phi) is 3.95. The van der Waals surface area contributed by atoms with Crippen molar-refractivity contribution >= 4 is 22.7 Å². The summed E-state index contributed by atoms with van der Waals surface area (Å²) >= 11 is 0. The van der Waals surface area contributed by atoms with Crippen LogP contribution in [0.25, 0.3) is 11.1 Å². The van der Waals surface area contributed by atoms with Crippen molar-refractivity contribution in [1.29, 1.82) is 0 Å². The highest BCUT2D eigenvalue weighted by Crippen LogP contribution is 2.44. The van der Waals surface area contributed by atoms with Gasteiger partial charge in [0.15, 0.2) is 0 Å². The van der Waals surface area contributed by atoms with Crippen molar-refractivity contribution in [3.8, 4) is 11.1 Å². The molecule has 8 N–H and O–H groups in total. The van der Waals surface area contributed by atoms with Gasteiger partial charge in [0.1, 0.15) is 0 Å². The number of rotatable bonds is 1. The SMILES string of the molecule is Nc1cc(-c2cc(C(F)(F)F)c(N)c(N)c2N)cc(C(F)(F)F)c1. The number of alkyl halides is 6. The Balaban J connectivity index is 2.78. The lowest BCUT2D eigenvalue weighted by atomic mass is 9.96. The van der Waals surface area contributed by atoms with Crippen molar-refractivity contribution in [2.24, 2.45) is 0 Å². The largest absolute Gasteiger partial charge is 0.418 e. The predicted molar refractivity (Wildman–Crippen MR) is 79.5 cm³/mol. The summed E-state index contributed by atoms with van der Waals surface area (Å²) in [7, 11) is 0. The van der Waals surface area contributed by atoms with E-state index in [4.69, 9.17) is 22.9 Å². The fourth-order valence-electron chi connectivity index (χ4n) is 2.18. The molecule has 0 aliphatic carbocycles. The molecule has 0 aliphatic heterocycles. The highest BCUT2D eigenvalue weighted by Gasteiger charge is 2.36. The van der Waals surface area contributed by atoms with Gasteiger partial charge in [0, 0.05) is 11.3 Å².